The number of fused-ring (bicyclic) bond motifs is 1. The van der Waals surface area contributed by atoms with E-state index in [0.717, 1.165) is 62.1 Å². The van der Waals surface area contributed by atoms with Crippen molar-refractivity contribution in [3.63, 3.8) is 0 Å². The summed E-state index contributed by atoms with van der Waals surface area (Å²) in [6.45, 7) is 9.09. The largest absolute Gasteiger partial charge is 0.365 e. The maximum atomic E-state index is 13.1. The van der Waals surface area contributed by atoms with Gasteiger partial charge >= 0.3 is 0 Å². The SMILES string of the molecule is CC(=O)c1ccc2cc(N(C)CC(=O)N(CCCN)CCN3CCN(C)CC3)ccc2c1. The maximum Gasteiger partial charge on any atom is 0.242 e. The molecule has 0 atom stereocenters. The number of ketones is 1. The van der Waals surface area contributed by atoms with Gasteiger partial charge in [0, 0.05) is 64.1 Å². The fraction of sp³-hybridized carbons (Fsp3) is 0.520. The normalized spacial score (nSPS) is 15.1. The van der Waals surface area contributed by atoms with Gasteiger partial charge in [-0.25, -0.2) is 0 Å². The van der Waals surface area contributed by atoms with Crippen LogP contribution in [-0.4, -0.2) is 99.4 Å². The fourth-order valence-electron chi connectivity index (χ4n) is 4.06. The minimum absolute atomic E-state index is 0.0628. The Morgan fingerprint density at radius 2 is 1.69 bits per heavy atom. The number of Topliss-reactive ketones (excluding diaryl/α,β-unsaturated/α-hetero) is 1. The van der Waals surface area contributed by atoms with E-state index in [1.807, 2.05) is 47.2 Å². The average Bonchev–Trinajstić information content (AvgIpc) is 2.79. The Labute approximate surface area is 191 Å². The number of anilines is 1. The highest BCUT2D eigenvalue weighted by atomic mass is 16.2. The predicted molar refractivity (Wildman–Crippen MR) is 131 cm³/mol. The van der Waals surface area contributed by atoms with Crippen LogP contribution in [0.5, 0.6) is 0 Å². The van der Waals surface area contributed by atoms with Crippen molar-refractivity contribution in [1.29, 1.82) is 0 Å². The predicted octanol–water partition coefficient (Wildman–Crippen LogP) is 1.90. The van der Waals surface area contributed by atoms with Gasteiger partial charge in [0.1, 0.15) is 0 Å². The van der Waals surface area contributed by atoms with Crippen LogP contribution in [0.1, 0.15) is 23.7 Å². The number of carbonyl (C=O) groups excluding carboxylic acids is 2. The fourth-order valence-corrected chi connectivity index (χ4v) is 4.06. The molecule has 2 aromatic rings. The first-order valence-corrected chi connectivity index (χ1v) is 11.5. The lowest BCUT2D eigenvalue weighted by Gasteiger charge is -2.34. The maximum absolute atomic E-state index is 13.1. The Hall–Kier alpha value is -2.48. The van der Waals surface area contributed by atoms with Crippen molar-refractivity contribution < 1.29 is 9.59 Å². The molecule has 7 nitrogen and oxygen atoms in total. The molecule has 2 N–H and O–H groups in total. The number of amides is 1. The van der Waals surface area contributed by atoms with E-state index in [4.69, 9.17) is 5.73 Å². The number of likely N-dealkylation sites (N-methyl/N-ethyl adjacent to an activating group) is 2. The zero-order chi connectivity index (χ0) is 23.1. The molecule has 2 aromatic carbocycles. The van der Waals surface area contributed by atoms with Crippen LogP contribution in [-0.2, 0) is 4.79 Å². The summed E-state index contributed by atoms with van der Waals surface area (Å²) in [5.41, 5.74) is 7.42. The van der Waals surface area contributed by atoms with Crippen molar-refractivity contribution in [2.45, 2.75) is 13.3 Å². The minimum atomic E-state index is 0.0628. The number of carbonyl (C=O) groups is 2. The topological polar surface area (TPSA) is 73.1 Å². The summed E-state index contributed by atoms with van der Waals surface area (Å²) in [6, 6.07) is 11.8. The summed E-state index contributed by atoms with van der Waals surface area (Å²) in [5.74, 6) is 0.190. The number of hydrogen-bond donors (Lipinski definition) is 1. The molecule has 1 saturated heterocycles. The van der Waals surface area contributed by atoms with Gasteiger partial charge in [0.15, 0.2) is 5.78 Å². The van der Waals surface area contributed by atoms with E-state index >= 15 is 0 Å². The van der Waals surface area contributed by atoms with Gasteiger partial charge in [-0.3, -0.25) is 14.5 Å². The number of piperazine rings is 1. The summed E-state index contributed by atoms with van der Waals surface area (Å²) < 4.78 is 0. The molecule has 0 unspecified atom stereocenters. The minimum Gasteiger partial charge on any atom is -0.365 e. The first-order chi connectivity index (χ1) is 15.4. The van der Waals surface area contributed by atoms with Gasteiger partial charge in [0.25, 0.3) is 0 Å². The monoisotopic (exact) mass is 439 g/mol. The summed E-state index contributed by atoms with van der Waals surface area (Å²) in [7, 11) is 4.10. The van der Waals surface area contributed by atoms with E-state index in [1.54, 1.807) is 6.92 Å². The lowest BCUT2D eigenvalue weighted by Crippen LogP contribution is -2.49. The Morgan fingerprint density at radius 1 is 1.00 bits per heavy atom. The first kappa shape index (κ1) is 24.2. The van der Waals surface area contributed by atoms with Crippen LogP contribution in [0.4, 0.5) is 5.69 Å². The van der Waals surface area contributed by atoms with Gasteiger partial charge in [-0.2, -0.15) is 0 Å². The van der Waals surface area contributed by atoms with Gasteiger partial charge in [0.2, 0.25) is 5.91 Å². The van der Waals surface area contributed by atoms with Gasteiger partial charge in [0.05, 0.1) is 6.54 Å². The third kappa shape index (κ3) is 6.51. The van der Waals surface area contributed by atoms with Gasteiger partial charge in [-0.05, 0) is 55.9 Å². The molecule has 7 heteroatoms. The van der Waals surface area contributed by atoms with Crippen LogP contribution in [0, 0.1) is 0 Å². The van der Waals surface area contributed by atoms with Gasteiger partial charge in [-0.15, -0.1) is 0 Å². The molecule has 1 amide bonds. The van der Waals surface area contributed by atoms with Crippen LogP contribution in [0.25, 0.3) is 10.8 Å². The third-order valence-corrected chi connectivity index (χ3v) is 6.31. The second-order valence-corrected chi connectivity index (χ2v) is 8.83. The molecule has 0 spiro atoms. The Morgan fingerprint density at radius 3 is 2.38 bits per heavy atom. The first-order valence-electron chi connectivity index (χ1n) is 11.5. The van der Waals surface area contributed by atoms with Crippen LogP contribution in [0.15, 0.2) is 36.4 Å². The second kappa shape index (κ2) is 11.4. The lowest BCUT2D eigenvalue weighted by atomic mass is 10.0. The summed E-state index contributed by atoms with van der Waals surface area (Å²) in [5, 5.41) is 2.08. The molecular weight excluding hydrogens is 402 g/mol. The molecule has 0 radical (unpaired) electrons. The zero-order valence-corrected chi connectivity index (χ0v) is 19.7. The molecule has 0 bridgehead atoms. The molecule has 3 rings (SSSR count). The lowest BCUT2D eigenvalue weighted by molar-refractivity contribution is -0.130. The average molecular weight is 440 g/mol. The molecular formula is C25H37N5O2. The van der Waals surface area contributed by atoms with Crippen LogP contribution >= 0.6 is 0 Å². The number of nitrogens with two attached hydrogens (primary N) is 1. The quantitative estimate of drug-likeness (QED) is 0.570. The van der Waals surface area contributed by atoms with Crippen molar-refractivity contribution in [3.8, 4) is 0 Å². The van der Waals surface area contributed by atoms with Crippen LogP contribution < -0.4 is 10.6 Å². The van der Waals surface area contributed by atoms with E-state index in [2.05, 4.69) is 22.9 Å². The highest BCUT2D eigenvalue weighted by Crippen LogP contribution is 2.23. The summed E-state index contributed by atoms with van der Waals surface area (Å²) in [4.78, 5) is 33.5. The molecule has 1 fully saturated rings. The summed E-state index contributed by atoms with van der Waals surface area (Å²) in [6.07, 6.45) is 0.812. The number of nitrogens with zero attached hydrogens (tertiary/aromatic N) is 4. The number of hydrogen-bond acceptors (Lipinski definition) is 6. The smallest absolute Gasteiger partial charge is 0.242 e. The second-order valence-electron chi connectivity index (χ2n) is 8.83. The zero-order valence-electron chi connectivity index (χ0n) is 19.7. The number of rotatable bonds is 10. The van der Waals surface area contributed by atoms with E-state index in [9.17, 15) is 9.59 Å². The Bertz CT molecular complexity index is 924. The van der Waals surface area contributed by atoms with Crippen molar-refractivity contribution in [1.82, 2.24) is 14.7 Å². The molecule has 0 aliphatic carbocycles. The van der Waals surface area contributed by atoms with Crippen LogP contribution in [0.2, 0.25) is 0 Å². The molecule has 1 aliphatic heterocycles. The molecule has 32 heavy (non-hydrogen) atoms. The molecule has 174 valence electrons. The molecule has 1 heterocycles. The third-order valence-electron chi connectivity index (χ3n) is 6.31. The van der Waals surface area contributed by atoms with E-state index in [0.29, 0.717) is 25.2 Å². The number of benzene rings is 2. The van der Waals surface area contributed by atoms with Gasteiger partial charge in [-0.1, -0.05) is 18.2 Å². The van der Waals surface area contributed by atoms with E-state index in [-0.39, 0.29) is 11.7 Å². The van der Waals surface area contributed by atoms with Crippen molar-refractivity contribution in [2.75, 3.05) is 77.9 Å². The Kier molecular flexibility index (Phi) is 8.61. The van der Waals surface area contributed by atoms with Crippen molar-refractivity contribution in [2.24, 2.45) is 5.73 Å². The Balaban J connectivity index is 1.62. The van der Waals surface area contributed by atoms with Crippen molar-refractivity contribution >= 4 is 28.2 Å². The highest BCUT2D eigenvalue weighted by Gasteiger charge is 2.19. The van der Waals surface area contributed by atoms with E-state index in [1.165, 1.54) is 0 Å². The van der Waals surface area contributed by atoms with Crippen molar-refractivity contribution in [3.05, 3.63) is 42.0 Å². The molecule has 1 aliphatic rings. The highest BCUT2D eigenvalue weighted by molar-refractivity contribution is 5.99. The summed E-state index contributed by atoms with van der Waals surface area (Å²) >= 11 is 0. The van der Waals surface area contributed by atoms with Crippen LogP contribution in [0.3, 0.4) is 0 Å². The van der Waals surface area contributed by atoms with E-state index < -0.39 is 0 Å². The standard InChI is InChI=1S/C25H37N5O2/c1-20(31)21-5-6-23-18-24(8-7-22(23)17-21)28(3)19-25(32)30(10-4-9-26)16-15-29-13-11-27(2)12-14-29/h5-8,17-18H,4,9-16,19,26H2,1-3H3. The molecule has 0 aromatic heterocycles. The van der Waals surface area contributed by atoms with Gasteiger partial charge < -0.3 is 20.4 Å². The molecule has 0 saturated carbocycles.